The maximum atomic E-state index is 14.4. The Labute approximate surface area is 355 Å². The fourth-order valence-corrected chi connectivity index (χ4v) is 14.5. The molecule has 0 bridgehead atoms. The second-order valence-electron chi connectivity index (χ2n) is 22.2. The van der Waals surface area contributed by atoms with Crippen molar-refractivity contribution in [3.05, 3.63) is 47.0 Å². The normalized spacial score (nSPS) is 36.4. The largest absolute Gasteiger partial charge is 0.481 e. The van der Waals surface area contributed by atoms with Crippen molar-refractivity contribution in [2.45, 2.75) is 145 Å². The number of morpholine rings is 1. The molecule has 1 saturated heterocycles. The highest BCUT2D eigenvalue weighted by molar-refractivity contribution is 6.00. The first-order valence-electron chi connectivity index (χ1n) is 23.1. The van der Waals surface area contributed by atoms with Gasteiger partial charge in [-0.2, -0.15) is 0 Å². The van der Waals surface area contributed by atoms with E-state index in [0.717, 1.165) is 103 Å². The first-order chi connectivity index (χ1) is 27.7. The summed E-state index contributed by atoms with van der Waals surface area (Å²) in [6.45, 7) is 26.3. The molecule has 6 aliphatic rings. The van der Waals surface area contributed by atoms with Crippen molar-refractivity contribution < 1.29 is 34.1 Å². The smallest absolute Gasteiger partial charge is 0.309 e. The number of ether oxygens (including phenoxy) is 2. The number of allylic oxidation sites excluding steroid dienone is 1. The van der Waals surface area contributed by atoms with Gasteiger partial charge in [0.05, 0.1) is 31.2 Å². The first kappa shape index (κ1) is 44.5. The van der Waals surface area contributed by atoms with Crippen LogP contribution in [-0.2, 0) is 30.4 Å². The number of fused-ring (bicyclic) bond motifs is 7. The van der Waals surface area contributed by atoms with Gasteiger partial charge in [-0.1, -0.05) is 84.4 Å². The molecule has 4 saturated carbocycles. The number of carboxylic acids is 1. The summed E-state index contributed by atoms with van der Waals surface area (Å²) in [4.78, 5) is 44.3. The molecule has 2 N–H and O–H groups in total. The predicted octanol–water partition coefficient (Wildman–Crippen LogP) is 8.58. The lowest BCUT2D eigenvalue weighted by Gasteiger charge is -2.72. The number of aliphatic carboxylic acids is 1. The van der Waals surface area contributed by atoms with E-state index in [9.17, 15) is 24.6 Å². The van der Waals surface area contributed by atoms with Crippen molar-refractivity contribution in [2.24, 2.45) is 56.2 Å². The summed E-state index contributed by atoms with van der Waals surface area (Å²) >= 11 is 0. The minimum atomic E-state index is -1.17. The molecule has 0 radical (unpaired) electrons. The Balaban J connectivity index is 1.15. The Morgan fingerprint density at radius 2 is 1.63 bits per heavy atom. The molecule has 0 spiro atoms. The fourth-order valence-electron chi connectivity index (χ4n) is 14.5. The number of carbonyl (C=O) groups excluding carboxylic acids is 2. The number of Topliss-reactive ketones (excluding diaryl/α,β-unsaturated/α-hetero) is 1. The maximum absolute atomic E-state index is 14.4. The van der Waals surface area contributed by atoms with E-state index < -0.39 is 28.9 Å². The van der Waals surface area contributed by atoms with E-state index in [1.54, 1.807) is 13.8 Å². The molecule has 1 aromatic carbocycles. The average molecular weight is 817 g/mol. The van der Waals surface area contributed by atoms with Gasteiger partial charge < -0.3 is 19.7 Å². The monoisotopic (exact) mass is 817 g/mol. The molecule has 59 heavy (non-hydrogen) atoms. The van der Waals surface area contributed by atoms with E-state index in [2.05, 4.69) is 88.6 Å². The highest BCUT2D eigenvalue weighted by atomic mass is 16.5. The Bertz CT molecular complexity index is 1770. The number of aliphatic hydroxyl groups excluding tert-OH is 1. The van der Waals surface area contributed by atoms with Crippen LogP contribution >= 0.6 is 0 Å². The number of hydrogen-bond donors (Lipinski definition) is 2. The van der Waals surface area contributed by atoms with Gasteiger partial charge in [-0.25, -0.2) is 0 Å². The van der Waals surface area contributed by atoms with Crippen LogP contribution in [-0.4, -0.2) is 95.9 Å². The van der Waals surface area contributed by atoms with Crippen molar-refractivity contribution in [1.82, 2.24) is 9.80 Å². The van der Waals surface area contributed by atoms with Gasteiger partial charge in [0.1, 0.15) is 6.10 Å². The number of benzene rings is 1. The van der Waals surface area contributed by atoms with Crippen molar-refractivity contribution in [2.75, 3.05) is 45.9 Å². The van der Waals surface area contributed by atoms with Crippen LogP contribution in [0, 0.1) is 56.2 Å². The number of nitrogens with zero attached hydrogens (tertiary/aromatic N) is 2. The summed E-state index contributed by atoms with van der Waals surface area (Å²) in [5.41, 5.74) is 1.68. The molecule has 1 heterocycles. The van der Waals surface area contributed by atoms with Crippen LogP contribution in [0.3, 0.4) is 0 Å². The number of aliphatic hydroxyl groups is 1. The number of carboxylic acid groups (broad SMARTS) is 1. The highest BCUT2D eigenvalue weighted by Gasteiger charge is 2.71. The van der Waals surface area contributed by atoms with E-state index in [1.165, 1.54) is 11.1 Å². The lowest BCUT2D eigenvalue weighted by Crippen LogP contribution is -2.66. The molecule has 1 aromatic rings. The van der Waals surface area contributed by atoms with Crippen LogP contribution in [0.15, 0.2) is 41.5 Å². The summed E-state index contributed by atoms with van der Waals surface area (Å²) in [5.74, 6) is 0.0493. The van der Waals surface area contributed by atoms with Crippen molar-refractivity contribution in [1.29, 1.82) is 0 Å². The molecule has 9 heteroatoms. The molecule has 9 unspecified atom stereocenters. The van der Waals surface area contributed by atoms with Gasteiger partial charge in [-0.3, -0.25) is 24.2 Å². The summed E-state index contributed by atoms with van der Waals surface area (Å²) in [5, 5.41) is 22.5. The van der Waals surface area contributed by atoms with E-state index >= 15 is 0 Å². The third-order valence-electron chi connectivity index (χ3n) is 18.0. The molecule has 328 valence electrons. The molecule has 5 fully saturated rings. The molecule has 0 aromatic heterocycles. The van der Waals surface area contributed by atoms with E-state index in [4.69, 9.17) is 9.47 Å². The second-order valence-corrected chi connectivity index (χ2v) is 22.2. The zero-order valence-electron chi connectivity index (χ0n) is 37.9. The molecule has 1 aliphatic heterocycles. The fraction of sp³-hybridized carbons (Fsp3) is 0.780. The third-order valence-corrected chi connectivity index (χ3v) is 18.0. The van der Waals surface area contributed by atoms with Crippen LogP contribution in [0.4, 0.5) is 0 Å². The van der Waals surface area contributed by atoms with Gasteiger partial charge in [0.15, 0.2) is 5.78 Å². The van der Waals surface area contributed by atoms with Gasteiger partial charge in [0, 0.05) is 56.5 Å². The molecule has 0 amide bonds. The van der Waals surface area contributed by atoms with Gasteiger partial charge in [0.2, 0.25) is 0 Å². The van der Waals surface area contributed by atoms with E-state index in [0.29, 0.717) is 24.8 Å². The molecular weight excluding hydrogens is 741 g/mol. The van der Waals surface area contributed by atoms with Gasteiger partial charge >= 0.3 is 11.9 Å². The van der Waals surface area contributed by atoms with Crippen LogP contribution in [0.25, 0.3) is 0 Å². The Morgan fingerprint density at radius 3 is 2.29 bits per heavy atom. The summed E-state index contributed by atoms with van der Waals surface area (Å²) in [6, 6.07) is 10.6. The number of rotatable bonds is 13. The minimum Gasteiger partial charge on any atom is -0.481 e. The van der Waals surface area contributed by atoms with E-state index in [1.807, 2.05) is 0 Å². The molecule has 9 nitrogen and oxygen atoms in total. The Hall–Kier alpha value is -2.59. The Morgan fingerprint density at radius 1 is 0.932 bits per heavy atom. The van der Waals surface area contributed by atoms with Gasteiger partial charge in [-0.05, 0) is 116 Å². The molecule has 9 atom stereocenters. The first-order valence-corrected chi connectivity index (χ1v) is 23.1. The van der Waals surface area contributed by atoms with Crippen molar-refractivity contribution >= 4 is 17.7 Å². The summed E-state index contributed by atoms with van der Waals surface area (Å²) in [6.07, 6.45) is 7.24. The van der Waals surface area contributed by atoms with Crippen molar-refractivity contribution in [3.8, 4) is 0 Å². The lowest BCUT2D eigenvalue weighted by atomic mass is 9.33. The lowest BCUT2D eigenvalue weighted by molar-refractivity contribution is -0.235. The quantitative estimate of drug-likeness (QED) is 0.189. The van der Waals surface area contributed by atoms with Gasteiger partial charge in [0.25, 0.3) is 0 Å². The number of hydrogen-bond acceptors (Lipinski definition) is 8. The van der Waals surface area contributed by atoms with E-state index in [-0.39, 0.29) is 51.8 Å². The molecule has 5 aliphatic carbocycles. The molecular formula is C50H76N2O7. The predicted molar refractivity (Wildman–Crippen MR) is 230 cm³/mol. The number of esters is 1. The van der Waals surface area contributed by atoms with Crippen LogP contribution in [0.1, 0.15) is 132 Å². The standard InChI is InChI=1S/C50H76N2O7/c1-33(2)42-36(53)29-50(39(54)32-52(31-34-13-11-10-12-14-34)24-23-51-25-27-58-28-26-51)22-21-48(8)35(43(42)50)15-16-38-47(7)19-18-40(59-41(55)30-45(3,4)44(56)57)46(5,6)37(47)17-20-49(38,48)9/h10-14,33,35,37-40,54H,15-32H2,1-9H3,(H,56,57). The number of carbonyl (C=O) groups is 3. The minimum absolute atomic E-state index is 0.0247. The van der Waals surface area contributed by atoms with Crippen LogP contribution in [0.5, 0.6) is 0 Å². The third kappa shape index (κ3) is 7.69. The summed E-state index contributed by atoms with van der Waals surface area (Å²) < 4.78 is 11.8. The molecule has 7 rings (SSSR count). The summed E-state index contributed by atoms with van der Waals surface area (Å²) in [7, 11) is 0. The topological polar surface area (TPSA) is 117 Å². The zero-order chi connectivity index (χ0) is 42.8. The van der Waals surface area contributed by atoms with Gasteiger partial charge in [-0.15, -0.1) is 0 Å². The van der Waals surface area contributed by atoms with Crippen molar-refractivity contribution in [3.63, 3.8) is 0 Å². The maximum Gasteiger partial charge on any atom is 0.309 e. The number of ketones is 1. The average Bonchev–Trinajstić information content (AvgIpc) is 3.49. The van der Waals surface area contributed by atoms with Crippen LogP contribution in [0.2, 0.25) is 0 Å². The Kier molecular flexibility index (Phi) is 12.3. The zero-order valence-corrected chi connectivity index (χ0v) is 37.9. The second kappa shape index (κ2) is 16.3. The highest BCUT2D eigenvalue weighted by Crippen LogP contribution is 2.77. The van der Waals surface area contributed by atoms with Crippen LogP contribution < -0.4 is 0 Å². The SMILES string of the molecule is CC(C)C1=C2C3CCC4C5(C)CCC(OC(=O)CC(C)(C)C(=O)O)C(C)(C)C5CCC4(C)C3(C)CCC2(C(O)CN(CCN2CCOCC2)Cc2ccccc2)CC1=O.